The number of methoxy groups -OCH3 is 1. The van der Waals surface area contributed by atoms with Gasteiger partial charge < -0.3 is 20.3 Å². The lowest BCUT2D eigenvalue weighted by atomic mass is 10.1. The van der Waals surface area contributed by atoms with Gasteiger partial charge in [-0.05, 0) is 43.2 Å². The quantitative estimate of drug-likeness (QED) is 0.867. The number of nitrogens with zero attached hydrogens (tertiary/aromatic N) is 1. The Morgan fingerprint density at radius 3 is 2.69 bits per heavy atom. The first-order chi connectivity index (χ1) is 12.5. The Labute approximate surface area is 153 Å². The van der Waals surface area contributed by atoms with Crippen molar-refractivity contribution in [3.8, 4) is 5.75 Å². The fourth-order valence-corrected chi connectivity index (χ4v) is 3.30. The molecule has 0 fully saturated rings. The zero-order valence-electron chi connectivity index (χ0n) is 15.2. The van der Waals surface area contributed by atoms with Gasteiger partial charge in [-0.2, -0.15) is 0 Å². The highest BCUT2D eigenvalue weighted by atomic mass is 16.5. The summed E-state index contributed by atoms with van der Waals surface area (Å²) in [5.41, 5.74) is 3.50. The van der Waals surface area contributed by atoms with E-state index in [0.29, 0.717) is 17.1 Å². The fourth-order valence-electron chi connectivity index (χ4n) is 3.30. The molecule has 26 heavy (non-hydrogen) atoms. The molecule has 2 aromatic carbocycles. The van der Waals surface area contributed by atoms with E-state index in [1.54, 1.807) is 25.3 Å². The lowest BCUT2D eigenvalue weighted by Crippen LogP contribution is -2.37. The molecule has 3 rings (SSSR count). The normalized spacial score (nSPS) is 15.3. The molecular weight excluding hydrogens is 330 g/mol. The van der Waals surface area contributed by atoms with Crippen molar-refractivity contribution in [1.82, 2.24) is 0 Å². The molecule has 1 atom stereocenters. The van der Waals surface area contributed by atoms with Gasteiger partial charge in [0.15, 0.2) is 0 Å². The van der Waals surface area contributed by atoms with Crippen LogP contribution in [0.2, 0.25) is 0 Å². The maximum Gasteiger partial charge on any atom is 0.244 e. The summed E-state index contributed by atoms with van der Waals surface area (Å²) in [7, 11) is 1.54. The van der Waals surface area contributed by atoms with Gasteiger partial charge in [0.25, 0.3) is 0 Å². The smallest absolute Gasteiger partial charge is 0.244 e. The average Bonchev–Trinajstić information content (AvgIpc) is 2.90. The molecule has 0 aliphatic carbocycles. The Hall–Kier alpha value is -3.02. The summed E-state index contributed by atoms with van der Waals surface area (Å²) >= 11 is 0. The summed E-state index contributed by atoms with van der Waals surface area (Å²) in [6, 6.07) is 13.6. The van der Waals surface area contributed by atoms with Gasteiger partial charge in [0, 0.05) is 24.3 Å². The van der Waals surface area contributed by atoms with Crippen molar-refractivity contribution in [1.29, 1.82) is 0 Å². The highest BCUT2D eigenvalue weighted by Gasteiger charge is 2.27. The van der Waals surface area contributed by atoms with Crippen molar-refractivity contribution in [3.05, 3.63) is 48.0 Å². The molecule has 1 heterocycles. The minimum absolute atomic E-state index is 0.133. The van der Waals surface area contributed by atoms with E-state index in [1.165, 1.54) is 12.5 Å². The highest BCUT2D eigenvalue weighted by molar-refractivity contribution is 5.97. The van der Waals surface area contributed by atoms with Crippen LogP contribution in [0.4, 0.5) is 17.1 Å². The fraction of sp³-hybridized carbons (Fsp3) is 0.300. The third kappa shape index (κ3) is 3.79. The first-order valence-corrected chi connectivity index (χ1v) is 8.58. The average molecular weight is 353 g/mol. The number of ether oxygens (including phenoxy) is 1. The van der Waals surface area contributed by atoms with E-state index < -0.39 is 0 Å². The Morgan fingerprint density at radius 2 is 1.96 bits per heavy atom. The van der Waals surface area contributed by atoms with Crippen LogP contribution in [-0.4, -0.2) is 31.5 Å². The zero-order chi connectivity index (χ0) is 18.7. The van der Waals surface area contributed by atoms with Crippen molar-refractivity contribution < 1.29 is 14.3 Å². The second-order valence-electron chi connectivity index (χ2n) is 6.45. The molecule has 6 nitrogen and oxygen atoms in total. The van der Waals surface area contributed by atoms with E-state index in [2.05, 4.69) is 28.5 Å². The summed E-state index contributed by atoms with van der Waals surface area (Å²) in [5, 5.41) is 5.60. The largest absolute Gasteiger partial charge is 0.495 e. The van der Waals surface area contributed by atoms with Crippen LogP contribution in [-0.2, 0) is 16.0 Å². The molecule has 1 unspecified atom stereocenters. The number of rotatable bonds is 5. The van der Waals surface area contributed by atoms with Crippen LogP contribution in [0.25, 0.3) is 0 Å². The minimum Gasteiger partial charge on any atom is -0.495 e. The van der Waals surface area contributed by atoms with E-state index >= 15 is 0 Å². The van der Waals surface area contributed by atoms with Crippen molar-refractivity contribution in [2.45, 2.75) is 26.3 Å². The molecule has 0 radical (unpaired) electrons. The molecule has 136 valence electrons. The van der Waals surface area contributed by atoms with Crippen molar-refractivity contribution in [2.75, 3.05) is 29.2 Å². The molecule has 2 aromatic rings. The number of hydrogen-bond donors (Lipinski definition) is 2. The van der Waals surface area contributed by atoms with Crippen molar-refractivity contribution in [2.24, 2.45) is 0 Å². The van der Waals surface area contributed by atoms with Crippen LogP contribution < -0.4 is 20.3 Å². The monoisotopic (exact) mass is 353 g/mol. The van der Waals surface area contributed by atoms with Gasteiger partial charge in [-0.15, -0.1) is 0 Å². The summed E-state index contributed by atoms with van der Waals surface area (Å²) < 4.78 is 5.31. The van der Waals surface area contributed by atoms with Crippen LogP contribution in [0.1, 0.15) is 19.4 Å². The molecule has 6 heteroatoms. The number of hydrogen-bond acceptors (Lipinski definition) is 4. The maximum atomic E-state index is 12.6. The van der Waals surface area contributed by atoms with Gasteiger partial charge in [0.2, 0.25) is 11.8 Å². The molecular formula is C20H23N3O3. The van der Waals surface area contributed by atoms with Crippen LogP contribution in [0.15, 0.2) is 42.5 Å². The highest BCUT2D eigenvalue weighted by Crippen LogP contribution is 2.32. The molecule has 1 aliphatic rings. The Bertz CT molecular complexity index is 835. The van der Waals surface area contributed by atoms with E-state index in [9.17, 15) is 9.59 Å². The number of para-hydroxylation sites is 1. The van der Waals surface area contributed by atoms with Crippen LogP contribution in [0.3, 0.4) is 0 Å². The van der Waals surface area contributed by atoms with Crippen LogP contribution >= 0.6 is 0 Å². The number of fused-ring (bicyclic) bond motifs is 1. The topological polar surface area (TPSA) is 70.7 Å². The third-order valence-corrected chi connectivity index (χ3v) is 4.46. The third-order valence-electron chi connectivity index (χ3n) is 4.46. The molecule has 0 bridgehead atoms. The molecule has 0 saturated carbocycles. The second-order valence-corrected chi connectivity index (χ2v) is 6.45. The molecule has 2 amide bonds. The molecule has 0 aromatic heterocycles. The van der Waals surface area contributed by atoms with Gasteiger partial charge in [0.1, 0.15) is 5.75 Å². The number of carbonyl (C=O) groups is 2. The SMILES string of the molecule is COc1ccc(NC(C)=O)cc1NC(=O)CN1c2ccccc2CC1C. The van der Waals surface area contributed by atoms with E-state index in [1.807, 2.05) is 18.2 Å². The number of amides is 2. The number of nitrogens with one attached hydrogen (secondary N) is 2. The zero-order valence-corrected chi connectivity index (χ0v) is 15.2. The van der Waals surface area contributed by atoms with Gasteiger partial charge in [-0.25, -0.2) is 0 Å². The Morgan fingerprint density at radius 1 is 1.19 bits per heavy atom. The van der Waals surface area contributed by atoms with Gasteiger partial charge in [-0.3, -0.25) is 9.59 Å². The number of benzene rings is 2. The van der Waals surface area contributed by atoms with E-state index in [0.717, 1.165) is 12.1 Å². The minimum atomic E-state index is -0.171. The van der Waals surface area contributed by atoms with Crippen LogP contribution in [0.5, 0.6) is 5.75 Å². The first-order valence-electron chi connectivity index (χ1n) is 8.58. The number of carbonyl (C=O) groups excluding carboxylic acids is 2. The van der Waals surface area contributed by atoms with Gasteiger partial charge in [-0.1, -0.05) is 18.2 Å². The van der Waals surface area contributed by atoms with E-state index in [-0.39, 0.29) is 24.4 Å². The molecule has 1 aliphatic heterocycles. The van der Waals surface area contributed by atoms with Gasteiger partial charge in [0.05, 0.1) is 19.3 Å². The van der Waals surface area contributed by atoms with Crippen molar-refractivity contribution in [3.63, 3.8) is 0 Å². The summed E-state index contributed by atoms with van der Waals surface area (Å²) in [6.07, 6.45) is 0.935. The lowest BCUT2D eigenvalue weighted by Gasteiger charge is -2.24. The van der Waals surface area contributed by atoms with Gasteiger partial charge >= 0.3 is 0 Å². The lowest BCUT2D eigenvalue weighted by molar-refractivity contribution is -0.115. The standard InChI is InChI=1S/C20H23N3O3/c1-13-10-15-6-4-5-7-18(15)23(13)12-20(25)22-17-11-16(21-14(2)24)8-9-19(17)26-3/h4-9,11,13H,10,12H2,1-3H3,(H,21,24)(H,22,25). The maximum absolute atomic E-state index is 12.6. The molecule has 2 N–H and O–H groups in total. The van der Waals surface area contributed by atoms with E-state index in [4.69, 9.17) is 4.74 Å². The molecule has 0 spiro atoms. The predicted octanol–water partition coefficient (Wildman–Crippen LogP) is 3.04. The molecule has 0 saturated heterocycles. The van der Waals surface area contributed by atoms with Crippen LogP contribution in [0, 0.1) is 0 Å². The predicted molar refractivity (Wildman–Crippen MR) is 103 cm³/mol. The summed E-state index contributed by atoms with van der Waals surface area (Å²) in [6.45, 7) is 3.81. The summed E-state index contributed by atoms with van der Waals surface area (Å²) in [4.78, 5) is 26.0. The first kappa shape index (κ1) is 17.8. The van der Waals surface area contributed by atoms with Crippen molar-refractivity contribution >= 4 is 28.9 Å². The summed E-state index contributed by atoms with van der Waals surface area (Å²) in [5.74, 6) is 0.240. The number of anilines is 3. The Kier molecular flexibility index (Phi) is 5.11. The second kappa shape index (κ2) is 7.47. The Balaban J connectivity index is 1.75.